The lowest BCUT2D eigenvalue weighted by Gasteiger charge is -2.08. The molecule has 0 unspecified atom stereocenters. The summed E-state index contributed by atoms with van der Waals surface area (Å²) in [7, 11) is -1.22. The molecule has 0 atom stereocenters. The predicted octanol–water partition coefficient (Wildman–Crippen LogP) is 1.28. The van der Waals surface area contributed by atoms with E-state index in [0.29, 0.717) is 6.54 Å². The van der Waals surface area contributed by atoms with Gasteiger partial charge < -0.3 is 14.6 Å². The van der Waals surface area contributed by atoms with Crippen LogP contribution in [-0.4, -0.2) is 45.2 Å². The standard InChI is InChI=1S/C14H20N2O3S/c1-19-14-5-3-4-13-12(14)6-9-16(13)10-7-15-8-11-20(2,17)18/h3-6,9,15H,7-8,10-11H2,1-2H3. The van der Waals surface area contributed by atoms with Crippen LogP contribution in [0.4, 0.5) is 0 Å². The molecule has 0 saturated heterocycles. The van der Waals surface area contributed by atoms with Crippen LogP contribution in [0.3, 0.4) is 0 Å². The van der Waals surface area contributed by atoms with Crippen molar-refractivity contribution in [3.05, 3.63) is 30.5 Å². The summed E-state index contributed by atoms with van der Waals surface area (Å²) >= 11 is 0. The fourth-order valence-corrected chi connectivity index (χ4v) is 2.67. The number of methoxy groups -OCH3 is 1. The average Bonchev–Trinajstić information content (AvgIpc) is 2.80. The van der Waals surface area contributed by atoms with E-state index in [1.54, 1.807) is 7.11 Å². The number of benzene rings is 1. The summed E-state index contributed by atoms with van der Waals surface area (Å²) < 4.78 is 29.5. The number of fused-ring (bicyclic) bond motifs is 1. The molecule has 110 valence electrons. The Morgan fingerprint density at radius 3 is 2.75 bits per heavy atom. The molecule has 0 aliphatic carbocycles. The predicted molar refractivity (Wildman–Crippen MR) is 81.1 cm³/mol. The van der Waals surface area contributed by atoms with Crippen molar-refractivity contribution >= 4 is 20.7 Å². The summed E-state index contributed by atoms with van der Waals surface area (Å²) in [5.41, 5.74) is 1.12. The van der Waals surface area contributed by atoms with E-state index in [9.17, 15) is 8.42 Å². The second-order valence-electron chi connectivity index (χ2n) is 4.78. The minimum Gasteiger partial charge on any atom is -0.496 e. The zero-order valence-electron chi connectivity index (χ0n) is 11.8. The fourth-order valence-electron chi connectivity index (χ4n) is 2.15. The quantitative estimate of drug-likeness (QED) is 0.782. The second kappa shape index (κ2) is 6.28. The molecule has 0 aliphatic rings. The number of nitrogens with one attached hydrogen (secondary N) is 1. The second-order valence-corrected chi connectivity index (χ2v) is 7.04. The molecule has 0 fully saturated rings. The molecule has 0 aliphatic heterocycles. The Kier molecular flexibility index (Phi) is 4.67. The molecule has 20 heavy (non-hydrogen) atoms. The monoisotopic (exact) mass is 296 g/mol. The van der Waals surface area contributed by atoms with Crippen LogP contribution < -0.4 is 10.1 Å². The Labute approximate surface area is 119 Å². The van der Waals surface area contributed by atoms with Gasteiger partial charge in [0.05, 0.1) is 18.4 Å². The number of hydrogen-bond acceptors (Lipinski definition) is 4. The Bertz CT molecular complexity index is 677. The van der Waals surface area contributed by atoms with Gasteiger partial charge in [-0.25, -0.2) is 8.42 Å². The molecule has 0 radical (unpaired) electrons. The first-order valence-electron chi connectivity index (χ1n) is 6.51. The van der Waals surface area contributed by atoms with Gasteiger partial charge in [-0.2, -0.15) is 0 Å². The van der Waals surface area contributed by atoms with Crippen LogP contribution in [0.2, 0.25) is 0 Å². The van der Waals surface area contributed by atoms with Gasteiger partial charge in [0.15, 0.2) is 0 Å². The van der Waals surface area contributed by atoms with E-state index >= 15 is 0 Å². The molecule has 1 heterocycles. The lowest BCUT2D eigenvalue weighted by Crippen LogP contribution is -2.25. The zero-order chi connectivity index (χ0) is 14.6. The van der Waals surface area contributed by atoms with Gasteiger partial charge in [-0.3, -0.25) is 0 Å². The molecule has 6 heteroatoms. The normalized spacial score (nSPS) is 11.9. The van der Waals surface area contributed by atoms with E-state index in [1.807, 2.05) is 30.5 Å². The van der Waals surface area contributed by atoms with Crippen molar-refractivity contribution in [3.63, 3.8) is 0 Å². The van der Waals surface area contributed by atoms with E-state index in [0.717, 1.165) is 29.7 Å². The number of ether oxygens (including phenoxy) is 1. The first kappa shape index (κ1) is 14.9. The van der Waals surface area contributed by atoms with Gasteiger partial charge in [0.2, 0.25) is 0 Å². The summed E-state index contributed by atoms with van der Waals surface area (Å²) in [4.78, 5) is 0. The van der Waals surface area contributed by atoms with E-state index in [-0.39, 0.29) is 5.75 Å². The van der Waals surface area contributed by atoms with Gasteiger partial charge in [-0.1, -0.05) is 6.07 Å². The van der Waals surface area contributed by atoms with Gasteiger partial charge in [-0.05, 0) is 18.2 Å². The molecule has 0 amide bonds. The van der Waals surface area contributed by atoms with Crippen molar-refractivity contribution in [2.24, 2.45) is 0 Å². The highest BCUT2D eigenvalue weighted by Crippen LogP contribution is 2.25. The summed E-state index contributed by atoms with van der Waals surface area (Å²) in [6, 6.07) is 7.99. The molecule has 1 aromatic carbocycles. The van der Waals surface area contributed by atoms with Gasteiger partial charge >= 0.3 is 0 Å². The molecule has 0 saturated carbocycles. The Hall–Kier alpha value is -1.53. The third-order valence-corrected chi connectivity index (χ3v) is 4.12. The van der Waals surface area contributed by atoms with Crippen molar-refractivity contribution < 1.29 is 13.2 Å². The number of rotatable bonds is 7. The van der Waals surface area contributed by atoms with Crippen molar-refractivity contribution in [1.29, 1.82) is 0 Å². The van der Waals surface area contributed by atoms with Crippen LogP contribution in [-0.2, 0) is 16.4 Å². The molecule has 2 rings (SSSR count). The highest BCUT2D eigenvalue weighted by atomic mass is 32.2. The van der Waals surface area contributed by atoms with Gasteiger partial charge in [-0.15, -0.1) is 0 Å². The topological polar surface area (TPSA) is 60.3 Å². The summed E-state index contributed by atoms with van der Waals surface area (Å²) in [6.45, 7) is 2.01. The smallest absolute Gasteiger partial charge is 0.148 e. The number of nitrogens with zero attached hydrogens (tertiary/aromatic N) is 1. The highest BCUT2D eigenvalue weighted by Gasteiger charge is 2.05. The van der Waals surface area contributed by atoms with E-state index in [1.165, 1.54) is 6.26 Å². The van der Waals surface area contributed by atoms with E-state index in [2.05, 4.69) is 9.88 Å². The Morgan fingerprint density at radius 2 is 2.05 bits per heavy atom. The largest absolute Gasteiger partial charge is 0.496 e. The highest BCUT2D eigenvalue weighted by molar-refractivity contribution is 7.90. The summed E-state index contributed by atoms with van der Waals surface area (Å²) in [5, 5.41) is 4.23. The molecule has 5 nitrogen and oxygen atoms in total. The molecular weight excluding hydrogens is 276 g/mol. The number of sulfone groups is 1. The number of hydrogen-bond donors (Lipinski definition) is 1. The maximum absolute atomic E-state index is 11.0. The van der Waals surface area contributed by atoms with Crippen LogP contribution >= 0.6 is 0 Å². The molecule has 0 bridgehead atoms. The van der Waals surface area contributed by atoms with E-state index < -0.39 is 9.84 Å². The Morgan fingerprint density at radius 1 is 1.25 bits per heavy atom. The van der Waals surface area contributed by atoms with Crippen molar-refractivity contribution in [2.75, 3.05) is 32.2 Å². The van der Waals surface area contributed by atoms with Gasteiger partial charge in [0.1, 0.15) is 15.6 Å². The summed E-state index contributed by atoms with van der Waals surface area (Å²) in [5.74, 6) is 1.04. The van der Waals surface area contributed by atoms with Crippen molar-refractivity contribution in [1.82, 2.24) is 9.88 Å². The maximum Gasteiger partial charge on any atom is 0.148 e. The van der Waals surface area contributed by atoms with Gasteiger partial charge in [0, 0.05) is 37.5 Å². The first-order chi connectivity index (χ1) is 9.51. The third-order valence-electron chi connectivity index (χ3n) is 3.17. The lowest BCUT2D eigenvalue weighted by atomic mass is 10.2. The van der Waals surface area contributed by atoms with Crippen molar-refractivity contribution in [3.8, 4) is 5.75 Å². The minimum atomic E-state index is -2.89. The molecule has 1 aromatic heterocycles. The minimum absolute atomic E-state index is 0.174. The van der Waals surface area contributed by atoms with Gasteiger partial charge in [0.25, 0.3) is 0 Å². The SMILES string of the molecule is COc1cccc2c1ccn2CCNCCS(C)(=O)=O. The lowest BCUT2D eigenvalue weighted by molar-refractivity contribution is 0.420. The van der Waals surface area contributed by atoms with Crippen LogP contribution in [0.5, 0.6) is 5.75 Å². The number of aromatic nitrogens is 1. The molecule has 1 N–H and O–H groups in total. The van der Waals surface area contributed by atoms with Crippen molar-refractivity contribution in [2.45, 2.75) is 6.54 Å². The average molecular weight is 296 g/mol. The van der Waals surface area contributed by atoms with Crippen LogP contribution in [0, 0.1) is 0 Å². The molecule has 0 spiro atoms. The van der Waals surface area contributed by atoms with Crippen LogP contribution in [0.1, 0.15) is 0 Å². The van der Waals surface area contributed by atoms with Crippen LogP contribution in [0.15, 0.2) is 30.5 Å². The molecular formula is C14H20N2O3S. The molecule has 2 aromatic rings. The van der Waals surface area contributed by atoms with E-state index in [4.69, 9.17) is 4.74 Å². The Balaban J connectivity index is 1.94. The zero-order valence-corrected chi connectivity index (χ0v) is 12.6. The summed E-state index contributed by atoms with van der Waals surface area (Å²) in [6.07, 6.45) is 3.27. The van der Waals surface area contributed by atoms with Crippen LogP contribution in [0.25, 0.3) is 10.9 Å². The first-order valence-corrected chi connectivity index (χ1v) is 8.57. The fraction of sp³-hybridized carbons (Fsp3) is 0.429. The maximum atomic E-state index is 11.0. The third kappa shape index (κ3) is 3.74.